The lowest BCUT2D eigenvalue weighted by Crippen LogP contribution is -2.40. The van der Waals surface area contributed by atoms with E-state index in [0.29, 0.717) is 51.1 Å². The van der Waals surface area contributed by atoms with E-state index in [9.17, 15) is 14.4 Å². The molecule has 0 aliphatic carbocycles. The quantitative estimate of drug-likeness (QED) is 0.132. The summed E-state index contributed by atoms with van der Waals surface area (Å²) in [6.07, 6.45) is 1.79. The van der Waals surface area contributed by atoms with Crippen LogP contribution in [0.5, 0.6) is 17.2 Å². The zero-order chi connectivity index (χ0) is 34.4. The fraction of sp³-hybridized carbons (Fsp3) is 0.257. The predicted octanol–water partition coefficient (Wildman–Crippen LogP) is 5.69. The molecule has 0 bridgehead atoms. The Morgan fingerprint density at radius 2 is 1.73 bits per heavy atom. The van der Waals surface area contributed by atoms with Gasteiger partial charge in [0.2, 0.25) is 0 Å². The van der Waals surface area contributed by atoms with Gasteiger partial charge in [0, 0.05) is 3.57 Å². The number of carbonyl (C=O) groups is 2. The minimum absolute atomic E-state index is 0.149. The van der Waals surface area contributed by atoms with Crippen molar-refractivity contribution in [3.8, 4) is 17.2 Å². The highest BCUT2D eigenvalue weighted by Gasteiger charge is 2.34. The maximum atomic E-state index is 14.1. The Hall–Kier alpha value is -3.95. The first-order chi connectivity index (χ1) is 23.1. The fourth-order valence-electron chi connectivity index (χ4n) is 5.00. The lowest BCUT2D eigenvalue weighted by molar-refractivity contribution is -0.143. The zero-order valence-electron chi connectivity index (χ0n) is 26.6. The summed E-state index contributed by atoms with van der Waals surface area (Å²) >= 11 is 7.09. The molecule has 1 aromatic heterocycles. The van der Waals surface area contributed by atoms with Gasteiger partial charge in [-0.1, -0.05) is 35.6 Å². The molecule has 250 valence electrons. The van der Waals surface area contributed by atoms with E-state index in [2.05, 4.69) is 48.3 Å². The first-order valence-corrected chi connectivity index (χ1v) is 17.6. The van der Waals surface area contributed by atoms with Crippen LogP contribution in [-0.4, -0.2) is 43.4 Å². The smallest absolute Gasteiger partial charge is 0.343 e. The van der Waals surface area contributed by atoms with E-state index in [4.69, 9.17) is 18.9 Å². The first kappa shape index (κ1) is 35.4. The van der Waals surface area contributed by atoms with Gasteiger partial charge in [-0.05, 0) is 118 Å². The van der Waals surface area contributed by atoms with Gasteiger partial charge in [0.25, 0.3) is 5.56 Å². The fourth-order valence-corrected chi connectivity index (χ4v) is 6.92. The Kier molecular flexibility index (Phi) is 11.8. The third-order valence-electron chi connectivity index (χ3n) is 7.23. The number of fused-ring (bicyclic) bond motifs is 1. The first-order valence-electron chi connectivity index (χ1n) is 15.0. The number of aromatic nitrogens is 1. The number of benzene rings is 3. The normalized spacial score (nSPS) is 14.2. The van der Waals surface area contributed by atoms with Crippen LogP contribution in [0.3, 0.4) is 0 Å². The van der Waals surface area contributed by atoms with Crippen molar-refractivity contribution in [2.45, 2.75) is 33.4 Å². The zero-order valence-corrected chi connectivity index (χ0v) is 31.1. The number of hydrogen-bond acceptors (Lipinski definition) is 10. The van der Waals surface area contributed by atoms with Gasteiger partial charge < -0.3 is 23.7 Å². The SMILES string of the molecule is CCOC(=O)C1=C(C)N=c2s/c(=C\c3ccc(OCc4ccc(I)cc4)c(Br)c3)c(=O)n2[C@@H]1c1ccc(OCC(=O)OC)c(OCC)c1. The van der Waals surface area contributed by atoms with Gasteiger partial charge in [0.1, 0.15) is 12.4 Å². The van der Waals surface area contributed by atoms with E-state index in [1.165, 1.54) is 23.0 Å². The average Bonchev–Trinajstić information content (AvgIpc) is 3.37. The molecule has 2 heterocycles. The van der Waals surface area contributed by atoms with E-state index >= 15 is 0 Å². The molecule has 13 heteroatoms. The van der Waals surface area contributed by atoms with Crippen molar-refractivity contribution in [2.24, 2.45) is 4.99 Å². The molecule has 5 rings (SSSR count). The lowest BCUT2D eigenvalue weighted by atomic mass is 9.95. The van der Waals surface area contributed by atoms with Crippen molar-refractivity contribution >= 4 is 67.9 Å². The van der Waals surface area contributed by atoms with Crippen LogP contribution in [0.25, 0.3) is 6.08 Å². The maximum absolute atomic E-state index is 14.1. The van der Waals surface area contributed by atoms with E-state index in [1.807, 2.05) is 49.4 Å². The van der Waals surface area contributed by atoms with Crippen molar-refractivity contribution in [3.63, 3.8) is 0 Å². The third-order valence-corrected chi connectivity index (χ3v) is 9.56. The highest BCUT2D eigenvalue weighted by Crippen LogP contribution is 2.36. The summed E-state index contributed by atoms with van der Waals surface area (Å²) < 4.78 is 31.4. The number of halogens is 2. The minimum atomic E-state index is -0.861. The maximum Gasteiger partial charge on any atom is 0.343 e. The molecule has 0 unspecified atom stereocenters. The molecule has 0 spiro atoms. The summed E-state index contributed by atoms with van der Waals surface area (Å²) in [7, 11) is 1.27. The third kappa shape index (κ3) is 8.01. The Balaban J connectivity index is 1.54. The molecule has 1 atom stereocenters. The summed E-state index contributed by atoms with van der Waals surface area (Å²) in [5.41, 5.74) is 2.75. The molecular weight excluding hydrogens is 815 g/mol. The number of allylic oxidation sites excluding steroid dienone is 1. The van der Waals surface area contributed by atoms with Gasteiger partial charge in [0.05, 0.1) is 46.6 Å². The molecule has 0 amide bonds. The van der Waals surface area contributed by atoms with Crippen LogP contribution in [0.15, 0.2) is 86.2 Å². The molecule has 48 heavy (non-hydrogen) atoms. The number of thiazole rings is 1. The van der Waals surface area contributed by atoms with Crippen LogP contribution < -0.4 is 29.1 Å². The predicted molar refractivity (Wildman–Crippen MR) is 193 cm³/mol. The number of nitrogens with zero attached hydrogens (tertiary/aromatic N) is 2. The number of carbonyl (C=O) groups excluding carboxylic acids is 2. The molecule has 0 radical (unpaired) electrons. The van der Waals surface area contributed by atoms with Crippen LogP contribution >= 0.6 is 49.9 Å². The number of ether oxygens (including phenoxy) is 5. The van der Waals surface area contributed by atoms with Crippen LogP contribution in [0, 0.1) is 3.57 Å². The van der Waals surface area contributed by atoms with Gasteiger partial charge in [-0.3, -0.25) is 9.36 Å². The summed E-state index contributed by atoms with van der Waals surface area (Å²) in [6.45, 7) is 5.82. The van der Waals surface area contributed by atoms with Gasteiger partial charge in [-0.15, -0.1) is 0 Å². The molecule has 3 aromatic carbocycles. The standard InChI is InChI=1S/C35H32BrIN2O8S/c1-5-44-28-17-23(10-14-27(28)47-19-30(40)43-4)32-31(34(42)45-6-2)20(3)38-35-39(32)33(41)29(48-35)16-22-9-13-26(25(36)15-22)46-18-21-7-11-24(37)12-8-21/h7-17,32H,5-6,18-19H2,1-4H3/b29-16-/t32-/m1/s1. The second kappa shape index (κ2) is 16.0. The van der Waals surface area contributed by atoms with Gasteiger partial charge >= 0.3 is 11.9 Å². The number of rotatable bonds is 12. The Morgan fingerprint density at radius 1 is 0.979 bits per heavy atom. The number of esters is 2. The van der Waals surface area contributed by atoms with Crippen molar-refractivity contribution in [3.05, 3.63) is 116 Å². The minimum Gasteiger partial charge on any atom is -0.490 e. The summed E-state index contributed by atoms with van der Waals surface area (Å²) in [4.78, 5) is 44.3. The average molecular weight is 848 g/mol. The second-order valence-corrected chi connectivity index (χ2v) is 13.5. The molecule has 1 aliphatic heterocycles. The Labute approximate surface area is 302 Å². The van der Waals surface area contributed by atoms with Crippen molar-refractivity contribution in [1.82, 2.24) is 4.57 Å². The van der Waals surface area contributed by atoms with E-state index in [1.54, 1.807) is 38.1 Å². The van der Waals surface area contributed by atoms with Crippen molar-refractivity contribution < 1.29 is 33.3 Å². The monoisotopic (exact) mass is 846 g/mol. The molecule has 1 aliphatic rings. The second-order valence-electron chi connectivity index (χ2n) is 10.4. The van der Waals surface area contributed by atoms with Crippen LogP contribution in [0.1, 0.15) is 43.5 Å². The van der Waals surface area contributed by atoms with Crippen LogP contribution in [0.2, 0.25) is 0 Å². The highest BCUT2D eigenvalue weighted by molar-refractivity contribution is 14.1. The highest BCUT2D eigenvalue weighted by atomic mass is 127. The summed E-state index contributed by atoms with van der Waals surface area (Å²) in [6, 6.07) is 17.9. The summed E-state index contributed by atoms with van der Waals surface area (Å²) in [5.74, 6) is 0.201. The van der Waals surface area contributed by atoms with E-state index in [-0.39, 0.29) is 24.3 Å². The molecule has 0 N–H and O–H groups in total. The molecule has 10 nitrogen and oxygen atoms in total. The Bertz CT molecular complexity index is 2060. The molecule has 0 fully saturated rings. The lowest BCUT2D eigenvalue weighted by Gasteiger charge is -2.25. The van der Waals surface area contributed by atoms with E-state index < -0.39 is 18.0 Å². The van der Waals surface area contributed by atoms with Gasteiger partial charge in [0.15, 0.2) is 22.9 Å². The molecule has 0 saturated carbocycles. The topological polar surface area (TPSA) is 115 Å². The summed E-state index contributed by atoms with van der Waals surface area (Å²) in [5, 5.41) is 0. The van der Waals surface area contributed by atoms with Crippen molar-refractivity contribution in [2.75, 3.05) is 26.9 Å². The molecule has 4 aromatic rings. The largest absolute Gasteiger partial charge is 0.490 e. The van der Waals surface area contributed by atoms with E-state index in [0.717, 1.165) is 19.2 Å². The molecule has 0 saturated heterocycles. The number of methoxy groups -OCH3 is 1. The van der Waals surface area contributed by atoms with Gasteiger partial charge in [-0.2, -0.15) is 0 Å². The van der Waals surface area contributed by atoms with Crippen molar-refractivity contribution in [1.29, 1.82) is 0 Å². The Morgan fingerprint density at radius 3 is 2.42 bits per heavy atom. The molecular formula is C35H32BrIN2O8S. The van der Waals surface area contributed by atoms with Crippen LogP contribution in [-0.2, 0) is 25.7 Å². The van der Waals surface area contributed by atoms with Crippen LogP contribution in [0.4, 0.5) is 0 Å². The number of hydrogen-bond donors (Lipinski definition) is 0. The van der Waals surface area contributed by atoms with Gasteiger partial charge in [-0.25, -0.2) is 14.6 Å².